The van der Waals surface area contributed by atoms with Gasteiger partial charge < -0.3 is 10.2 Å². The predicted molar refractivity (Wildman–Crippen MR) is 40.2 cm³/mol. The van der Waals surface area contributed by atoms with Crippen LogP contribution in [0, 0.1) is 0 Å². The lowest BCUT2D eigenvalue weighted by Gasteiger charge is -2.08. The van der Waals surface area contributed by atoms with Crippen LogP contribution in [0.4, 0.5) is 0 Å². The van der Waals surface area contributed by atoms with Gasteiger partial charge in [0.05, 0.1) is 4.83 Å². The molecule has 0 bridgehead atoms. The summed E-state index contributed by atoms with van der Waals surface area (Å²) in [5, 5.41) is 17.3. The number of hydrogen-bond donors (Lipinski definition) is 2. The summed E-state index contributed by atoms with van der Waals surface area (Å²) in [4.78, 5) is 9.58. The normalized spacial score (nSPS) is 16.8. The average molecular weight is 262 g/mol. The number of aliphatic hydroxyl groups is 1. The molecule has 0 saturated heterocycles. The third-order valence-electron chi connectivity index (χ3n) is 0.743. The molecule has 0 aliphatic rings. The van der Waals surface area contributed by atoms with Crippen LogP contribution in [0.2, 0.25) is 0 Å². The molecule has 0 aromatic carbocycles. The maximum absolute atomic E-state index is 10.00. The van der Waals surface area contributed by atoms with E-state index >= 15 is 0 Å². The van der Waals surface area contributed by atoms with Gasteiger partial charge in [-0.25, -0.2) is 4.79 Å². The first-order valence-electron chi connectivity index (χ1n) is 2.20. The number of aliphatic carboxylic acids is 1. The van der Waals surface area contributed by atoms with Crippen molar-refractivity contribution in [1.29, 1.82) is 0 Å². The Morgan fingerprint density at radius 2 is 2.11 bits per heavy atom. The molecule has 0 saturated carbocycles. The van der Waals surface area contributed by atoms with Crippen molar-refractivity contribution in [3.05, 3.63) is 0 Å². The number of aliphatic hydroxyl groups excluding tert-OH is 1. The zero-order chi connectivity index (χ0) is 7.44. The Labute approximate surface area is 69.3 Å². The van der Waals surface area contributed by atoms with Crippen LogP contribution in [0.3, 0.4) is 0 Å². The Morgan fingerprint density at radius 3 is 2.22 bits per heavy atom. The minimum atomic E-state index is -1.33. The highest BCUT2D eigenvalue weighted by Crippen LogP contribution is 2.08. The number of carboxylic acids is 1. The maximum Gasteiger partial charge on any atom is 0.333 e. The van der Waals surface area contributed by atoms with Crippen LogP contribution in [0.1, 0.15) is 0 Å². The van der Waals surface area contributed by atoms with Crippen molar-refractivity contribution < 1.29 is 15.0 Å². The monoisotopic (exact) mass is 260 g/mol. The van der Waals surface area contributed by atoms with E-state index in [2.05, 4.69) is 31.9 Å². The van der Waals surface area contributed by atoms with Crippen molar-refractivity contribution in [3.8, 4) is 0 Å². The molecule has 0 fully saturated rings. The second kappa shape index (κ2) is 4.24. The van der Waals surface area contributed by atoms with Crippen LogP contribution in [0.15, 0.2) is 0 Å². The fraction of sp³-hybridized carbons (Fsp3) is 0.750. The van der Waals surface area contributed by atoms with Gasteiger partial charge in [0.25, 0.3) is 0 Å². The van der Waals surface area contributed by atoms with E-state index in [1.54, 1.807) is 0 Å². The molecule has 0 aromatic rings. The lowest BCUT2D eigenvalue weighted by Crippen LogP contribution is -2.30. The number of alkyl halides is 2. The molecule has 0 aliphatic carbocycles. The van der Waals surface area contributed by atoms with Crippen molar-refractivity contribution in [2.75, 3.05) is 5.33 Å². The summed E-state index contributed by atoms with van der Waals surface area (Å²) in [6.07, 6.45) is -1.33. The number of carbonyl (C=O) groups is 1. The highest BCUT2D eigenvalue weighted by atomic mass is 79.9. The molecule has 5 heteroatoms. The molecular weight excluding hydrogens is 256 g/mol. The lowest BCUT2D eigenvalue weighted by molar-refractivity contribution is -0.146. The molecule has 0 heterocycles. The predicted octanol–water partition coefficient (Wildman–Crippen LogP) is 0.590. The van der Waals surface area contributed by atoms with Crippen LogP contribution in [-0.4, -0.2) is 32.4 Å². The highest BCUT2D eigenvalue weighted by molar-refractivity contribution is 9.12. The summed E-state index contributed by atoms with van der Waals surface area (Å²) in [5.41, 5.74) is 0. The van der Waals surface area contributed by atoms with Crippen LogP contribution in [0.25, 0.3) is 0 Å². The zero-order valence-electron chi connectivity index (χ0n) is 4.42. The molecule has 2 N–H and O–H groups in total. The molecule has 0 amide bonds. The van der Waals surface area contributed by atoms with Gasteiger partial charge in [0.1, 0.15) is 0 Å². The second-order valence-corrected chi connectivity index (χ2v) is 3.28. The van der Waals surface area contributed by atoms with Gasteiger partial charge in [-0.05, 0) is 0 Å². The molecule has 2 atom stereocenters. The molecule has 3 nitrogen and oxygen atoms in total. The second-order valence-electron chi connectivity index (χ2n) is 1.45. The first-order valence-corrected chi connectivity index (χ1v) is 4.24. The minimum absolute atomic E-state index is 0.417. The first kappa shape index (κ1) is 9.39. The van der Waals surface area contributed by atoms with Gasteiger partial charge in [-0.2, -0.15) is 0 Å². The summed E-state index contributed by atoms with van der Waals surface area (Å²) in [7, 11) is 0. The molecule has 54 valence electrons. The largest absolute Gasteiger partial charge is 0.479 e. The Hall–Kier alpha value is 0.390. The van der Waals surface area contributed by atoms with Gasteiger partial charge >= 0.3 is 5.97 Å². The van der Waals surface area contributed by atoms with Crippen molar-refractivity contribution in [3.63, 3.8) is 0 Å². The summed E-state index contributed by atoms with van der Waals surface area (Å²) >= 11 is 5.98. The molecule has 0 spiro atoms. The zero-order valence-corrected chi connectivity index (χ0v) is 7.59. The number of rotatable bonds is 3. The van der Waals surface area contributed by atoms with E-state index in [0.29, 0.717) is 5.33 Å². The average Bonchev–Trinajstić information content (AvgIpc) is 1.84. The van der Waals surface area contributed by atoms with Crippen LogP contribution in [-0.2, 0) is 4.79 Å². The van der Waals surface area contributed by atoms with Crippen molar-refractivity contribution >= 4 is 37.8 Å². The number of carboxylic acid groups (broad SMARTS) is 1. The van der Waals surface area contributed by atoms with E-state index in [1.807, 2.05) is 0 Å². The molecule has 0 radical (unpaired) electrons. The van der Waals surface area contributed by atoms with E-state index in [0.717, 1.165) is 0 Å². The minimum Gasteiger partial charge on any atom is -0.479 e. The van der Waals surface area contributed by atoms with E-state index in [4.69, 9.17) is 10.2 Å². The van der Waals surface area contributed by atoms with Crippen molar-refractivity contribution in [2.45, 2.75) is 10.9 Å². The Kier molecular flexibility index (Phi) is 4.43. The van der Waals surface area contributed by atoms with E-state index in [9.17, 15) is 4.79 Å². The van der Waals surface area contributed by atoms with Gasteiger partial charge in [-0.15, -0.1) is 0 Å². The number of hydrogen-bond acceptors (Lipinski definition) is 2. The third-order valence-corrected chi connectivity index (χ3v) is 3.13. The molecule has 0 aliphatic heterocycles. The SMILES string of the molecule is O=C(O)[C@@H](O)[C@@H](Br)CBr. The van der Waals surface area contributed by atoms with Crippen LogP contribution >= 0.6 is 31.9 Å². The quantitative estimate of drug-likeness (QED) is 0.732. The Balaban J connectivity index is 3.72. The number of halogens is 2. The third kappa shape index (κ3) is 3.17. The van der Waals surface area contributed by atoms with E-state index in [1.165, 1.54) is 0 Å². The fourth-order valence-electron chi connectivity index (χ4n) is 0.239. The van der Waals surface area contributed by atoms with E-state index < -0.39 is 16.9 Å². The van der Waals surface area contributed by atoms with Crippen LogP contribution in [0.5, 0.6) is 0 Å². The Bertz CT molecular complexity index is 106. The van der Waals surface area contributed by atoms with Crippen molar-refractivity contribution in [2.24, 2.45) is 0 Å². The van der Waals surface area contributed by atoms with Gasteiger partial charge in [-0.3, -0.25) is 0 Å². The molecular formula is C4H6Br2O3. The van der Waals surface area contributed by atoms with Gasteiger partial charge in [-0.1, -0.05) is 31.9 Å². The summed E-state index contributed by atoms with van der Waals surface area (Å²) < 4.78 is 0. The topological polar surface area (TPSA) is 57.5 Å². The maximum atomic E-state index is 10.00. The van der Waals surface area contributed by atoms with Crippen molar-refractivity contribution in [1.82, 2.24) is 0 Å². The highest BCUT2D eigenvalue weighted by Gasteiger charge is 2.21. The molecule has 0 aromatic heterocycles. The summed E-state index contributed by atoms with van der Waals surface area (Å²) in [6.45, 7) is 0. The summed E-state index contributed by atoms with van der Waals surface area (Å²) in [5.74, 6) is -1.21. The first-order chi connectivity index (χ1) is 4.09. The van der Waals surface area contributed by atoms with Crippen LogP contribution < -0.4 is 0 Å². The summed E-state index contributed by atoms with van der Waals surface area (Å²) in [6, 6.07) is 0. The lowest BCUT2D eigenvalue weighted by atomic mass is 10.3. The molecule has 0 rings (SSSR count). The molecule has 9 heavy (non-hydrogen) atoms. The van der Waals surface area contributed by atoms with E-state index in [-0.39, 0.29) is 0 Å². The smallest absolute Gasteiger partial charge is 0.333 e. The molecule has 0 unspecified atom stereocenters. The fourth-order valence-corrected chi connectivity index (χ4v) is 0.819. The van der Waals surface area contributed by atoms with Gasteiger partial charge in [0, 0.05) is 5.33 Å². The van der Waals surface area contributed by atoms with Gasteiger partial charge in [0.2, 0.25) is 0 Å². The Morgan fingerprint density at radius 1 is 1.67 bits per heavy atom. The standard InChI is InChI=1S/C4H6Br2O3/c5-1-2(6)3(7)4(8)9/h2-3,7H,1H2,(H,8,9)/t2-,3-/m0/s1. The van der Waals surface area contributed by atoms with Gasteiger partial charge in [0.15, 0.2) is 6.10 Å².